The lowest BCUT2D eigenvalue weighted by Crippen LogP contribution is -2.21. The van der Waals surface area contributed by atoms with Crippen LogP contribution in [0.5, 0.6) is 0 Å². The highest BCUT2D eigenvalue weighted by Gasteiger charge is 1.96. The van der Waals surface area contributed by atoms with Crippen LogP contribution in [0.3, 0.4) is 0 Å². The Morgan fingerprint density at radius 2 is 2.00 bits per heavy atom. The van der Waals surface area contributed by atoms with Gasteiger partial charge in [0.15, 0.2) is 0 Å². The zero-order chi connectivity index (χ0) is 10.7. The molecule has 2 aromatic rings. The van der Waals surface area contributed by atoms with Gasteiger partial charge in [-0.3, -0.25) is 4.57 Å². The molecule has 0 unspecified atom stereocenters. The fourth-order valence-electron chi connectivity index (χ4n) is 1.40. The molecule has 0 radical (unpaired) electrons. The predicted octanol–water partition coefficient (Wildman–Crippen LogP) is 1.60. The van der Waals surface area contributed by atoms with E-state index in [4.69, 9.17) is 0 Å². The Balaban J connectivity index is 2.26. The van der Waals surface area contributed by atoms with Crippen molar-refractivity contribution in [2.75, 3.05) is 0 Å². The number of hydrogen-bond donors (Lipinski definition) is 0. The molecule has 0 aliphatic heterocycles. The fraction of sp³-hybridized carbons (Fsp3) is 0.167. The maximum Gasteiger partial charge on any atom is 0.347 e. The van der Waals surface area contributed by atoms with Crippen molar-refractivity contribution in [3.8, 4) is 0 Å². The first-order valence-corrected chi connectivity index (χ1v) is 4.83. The van der Waals surface area contributed by atoms with E-state index < -0.39 is 0 Å². The Morgan fingerprint density at radius 3 is 2.67 bits per heavy atom. The summed E-state index contributed by atoms with van der Waals surface area (Å²) in [5.41, 5.74) is 2.12. The summed E-state index contributed by atoms with van der Waals surface area (Å²) in [6.07, 6.45) is 3.25. The highest BCUT2D eigenvalue weighted by Crippen LogP contribution is 2.03. The minimum absolute atomic E-state index is 0.210. The first kappa shape index (κ1) is 9.65. The average Bonchev–Trinajstić information content (AvgIpc) is 2.25. The third-order valence-electron chi connectivity index (χ3n) is 2.26. The summed E-state index contributed by atoms with van der Waals surface area (Å²) in [7, 11) is 0. The Bertz CT molecular complexity index is 500. The van der Waals surface area contributed by atoms with Gasteiger partial charge in [-0.25, -0.2) is 9.78 Å². The quantitative estimate of drug-likeness (QED) is 0.738. The summed E-state index contributed by atoms with van der Waals surface area (Å²) in [5.74, 6) is 0. The maximum absolute atomic E-state index is 11.3. The van der Waals surface area contributed by atoms with E-state index >= 15 is 0 Å². The molecule has 76 valence electrons. The maximum atomic E-state index is 11.3. The zero-order valence-electron chi connectivity index (χ0n) is 8.55. The van der Waals surface area contributed by atoms with Crippen molar-refractivity contribution in [2.24, 2.45) is 0 Å². The number of aromatic nitrogens is 2. The smallest absolute Gasteiger partial charge is 0.295 e. The average molecular weight is 200 g/mol. The van der Waals surface area contributed by atoms with Gasteiger partial charge in [0.05, 0.1) is 6.54 Å². The molecule has 0 spiro atoms. The lowest BCUT2D eigenvalue weighted by molar-refractivity contribution is 0.727. The van der Waals surface area contributed by atoms with Crippen LogP contribution in [0.2, 0.25) is 0 Å². The van der Waals surface area contributed by atoms with Crippen molar-refractivity contribution in [1.29, 1.82) is 0 Å². The number of benzene rings is 1. The third-order valence-corrected chi connectivity index (χ3v) is 2.26. The molecule has 3 nitrogen and oxygen atoms in total. The number of nitrogens with zero attached hydrogens (tertiary/aromatic N) is 2. The molecule has 1 aromatic heterocycles. The van der Waals surface area contributed by atoms with Gasteiger partial charge in [-0.05, 0) is 18.6 Å². The van der Waals surface area contributed by atoms with Crippen LogP contribution < -0.4 is 5.69 Å². The molecule has 1 heterocycles. The summed E-state index contributed by atoms with van der Waals surface area (Å²) < 4.78 is 1.59. The third kappa shape index (κ3) is 2.31. The monoisotopic (exact) mass is 200 g/mol. The van der Waals surface area contributed by atoms with Crippen molar-refractivity contribution in [3.63, 3.8) is 0 Å². The van der Waals surface area contributed by atoms with E-state index in [2.05, 4.69) is 4.98 Å². The van der Waals surface area contributed by atoms with Gasteiger partial charge in [0.2, 0.25) is 0 Å². The van der Waals surface area contributed by atoms with Crippen molar-refractivity contribution in [1.82, 2.24) is 9.55 Å². The van der Waals surface area contributed by atoms with Crippen LogP contribution in [0.15, 0.2) is 47.5 Å². The minimum Gasteiger partial charge on any atom is -0.295 e. The first-order chi connectivity index (χ1) is 7.25. The van der Waals surface area contributed by atoms with Crippen molar-refractivity contribution >= 4 is 0 Å². The molecule has 3 heteroatoms. The molecule has 0 saturated heterocycles. The molecule has 0 saturated carbocycles. The van der Waals surface area contributed by atoms with Crippen LogP contribution >= 0.6 is 0 Å². The van der Waals surface area contributed by atoms with Crippen LogP contribution in [0.25, 0.3) is 0 Å². The second kappa shape index (κ2) is 4.09. The Labute approximate surface area is 88.0 Å². The summed E-state index contributed by atoms with van der Waals surface area (Å²) in [6.45, 7) is 2.62. The van der Waals surface area contributed by atoms with E-state index in [1.807, 2.05) is 31.2 Å². The number of rotatable bonds is 2. The highest BCUT2D eigenvalue weighted by atomic mass is 16.1. The van der Waals surface area contributed by atoms with Crippen LogP contribution in [-0.2, 0) is 6.54 Å². The molecule has 1 aromatic carbocycles. The van der Waals surface area contributed by atoms with Gasteiger partial charge in [0.25, 0.3) is 0 Å². The molecule has 0 fully saturated rings. The second-order valence-corrected chi connectivity index (χ2v) is 3.52. The van der Waals surface area contributed by atoms with Crippen molar-refractivity contribution < 1.29 is 0 Å². The van der Waals surface area contributed by atoms with Crippen LogP contribution in [0.4, 0.5) is 0 Å². The molecule has 0 amide bonds. The van der Waals surface area contributed by atoms with E-state index in [1.54, 1.807) is 16.8 Å². The van der Waals surface area contributed by atoms with E-state index in [-0.39, 0.29) is 5.69 Å². The van der Waals surface area contributed by atoms with Gasteiger partial charge in [0, 0.05) is 12.4 Å². The molecule has 0 bridgehead atoms. The van der Waals surface area contributed by atoms with Crippen molar-refractivity contribution in [3.05, 3.63) is 64.3 Å². The van der Waals surface area contributed by atoms with Gasteiger partial charge in [-0.2, -0.15) is 0 Å². The Hall–Kier alpha value is -1.90. The zero-order valence-corrected chi connectivity index (χ0v) is 8.55. The van der Waals surface area contributed by atoms with Gasteiger partial charge in [-0.1, -0.05) is 29.8 Å². The van der Waals surface area contributed by atoms with Gasteiger partial charge < -0.3 is 0 Å². The van der Waals surface area contributed by atoms with Crippen LogP contribution in [0, 0.1) is 6.92 Å². The van der Waals surface area contributed by atoms with Gasteiger partial charge in [-0.15, -0.1) is 0 Å². The van der Waals surface area contributed by atoms with Crippen LogP contribution in [0.1, 0.15) is 11.1 Å². The minimum atomic E-state index is -0.210. The lowest BCUT2D eigenvalue weighted by Gasteiger charge is -2.04. The Morgan fingerprint density at radius 1 is 1.27 bits per heavy atom. The van der Waals surface area contributed by atoms with Crippen molar-refractivity contribution in [2.45, 2.75) is 13.5 Å². The summed E-state index contributed by atoms with van der Waals surface area (Å²) >= 11 is 0. The van der Waals surface area contributed by atoms with Gasteiger partial charge in [0.1, 0.15) is 0 Å². The van der Waals surface area contributed by atoms with E-state index in [1.165, 1.54) is 11.8 Å². The topological polar surface area (TPSA) is 34.9 Å². The molecular weight excluding hydrogens is 188 g/mol. The number of hydrogen-bond acceptors (Lipinski definition) is 2. The van der Waals surface area contributed by atoms with E-state index in [9.17, 15) is 4.79 Å². The molecule has 2 rings (SSSR count). The summed E-state index contributed by atoms with van der Waals surface area (Å²) in [5, 5.41) is 0. The number of aryl methyl sites for hydroxylation is 1. The fourth-order valence-corrected chi connectivity index (χ4v) is 1.40. The molecule has 15 heavy (non-hydrogen) atoms. The molecule has 0 atom stereocenters. The molecule has 0 N–H and O–H groups in total. The second-order valence-electron chi connectivity index (χ2n) is 3.52. The lowest BCUT2D eigenvalue weighted by atomic mass is 10.1. The first-order valence-electron chi connectivity index (χ1n) is 4.83. The van der Waals surface area contributed by atoms with Gasteiger partial charge >= 0.3 is 5.69 Å². The normalized spacial score (nSPS) is 10.2. The molecule has 0 aliphatic rings. The Kier molecular flexibility index (Phi) is 2.63. The molecular formula is C12H12N2O. The SMILES string of the molecule is Cc1ccc(Cn2cccnc2=O)cc1. The van der Waals surface area contributed by atoms with Crippen LogP contribution in [-0.4, -0.2) is 9.55 Å². The highest BCUT2D eigenvalue weighted by molar-refractivity contribution is 5.21. The molecule has 0 aliphatic carbocycles. The standard InChI is InChI=1S/C12H12N2O/c1-10-3-5-11(6-4-10)9-14-8-2-7-13-12(14)15/h2-8H,9H2,1H3. The van der Waals surface area contributed by atoms with E-state index in [0.717, 1.165) is 5.56 Å². The predicted molar refractivity (Wildman–Crippen MR) is 58.8 cm³/mol. The summed E-state index contributed by atoms with van der Waals surface area (Å²) in [4.78, 5) is 15.0. The summed E-state index contributed by atoms with van der Waals surface area (Å²) in [6, 6.07) is 9.88. The largest absolute Gasteiger partial charge is 0.347 e. The van der Waals surface area contributed by atoms with E-state index in [0.29, 0.717) is 6.54 Å².